The minimum atomic E-state index is -0.439. The molecule has 0 saturated carbocycles. The molecule has 0 fully saturated rings. The highest BCUT2D eigenvalue weighted by molar-refractivity contribution is 5.84. The first-order valence-electron chi connectivity index (χ1n) is 7.50. The van der Waals surface area contributed by atoms with Crippen molar-refractivity contribution in [2.24, 2.45) is 5.10 Å². The van der Waals surface area contributed by atoms with Crippen LogP contribution in [0.25, 0.3) is 0 Å². The first-order chi connectivity index (χ1) is 11.4. The maximum atomic E-state index is 11.9. The number of benzene rings is 2. The van der Waals surface area contributed by atoms with Crippen molar-refractivity contribution < 1.29 is 9.72 Å². The molecule has 2 aromatic rings. The predicted molar refractivity (Wildman–Crippen MR) is 93.2 cm³/mol. The summed E-state index contributed by atoms with van der Waals surface area (Å²) in [6.45, 7) is 5.64. The number of hydrogen-bond acceptors (Lipinski definition) is 4. The number of nitrogens with one attached hydrogen (secondary N) is 1. The van der Waals surface area contributed by atoms with Gasteiger partial charge in [0.25, 0.3) is 5.69 Å². The van der Waals surface area contributed by atoms with Crippen LogP contribution >= 0.6 is 0 Å². The fourth-order valence-electron chi connectivity index (χ4n) is 2.34. The molecule has 2 rings (SSSR count). The summed E-state index contributed by atoms with van der Waals surface area (Å²) in [7, 11) is 0. The van der Waals surface area contributed by atoms with Gasteiger partial charge in [-0.05, 0) is 31.9 Å². The SMILES string of the molecule is Cc1ccc(CC(=O)N/N=C\c2ccc(C)c([N+](=O)[O-])c2)c(C)c1. The fourth-order valence-corrected chi connectivity index (χ4v) is 2.34. The first kappa shape index (κ1) is 17.3. The molecule has 0 aliphatic carbocycles. The van der Waals surface area contributed by atoms with Crippen molar-refractivity contribution in [1.82, 2.24) is 5.43 Å². The Bertz CT molecular complexity index is 813. The van der Waals surface area contributed by atoms with Crippen LogP contribution in [0, 0.1) is 30.9 Å². The number of carbonyl (C=O) groups is 1. The molecule has 1 N–H and O–H groups in total. The third kappa shape index (κ3) is 4.49. The summed E-state index contributed by atoms with van der Waals surface area (Å²) < 4.78 is 0. The van der Waals surface area contributed by atoms with Gasteiger partial charge in [0, 0.05) is 17.2 Å². The third-order valence-electron chi connectivity index (χ3n) is 3.68. The summed E-state index contributed by atoms with van der Waals surface area (Å²) in [6.07, 6.45) is 1.63. The summed E-state index contributed by atoms with van der Waals surface area (Å²) >= 11 is 0. The van der Waals surface area contributed by atoms with Gasteiger partial charge in [-0.25, -0.2) is 5.43 Å². The Labute approximate surface area is 140 Å². The Kier molecular flexibility index (Phi) is 5.42. The Morgan fingerprint density at radius 1 is 1.17 bits per heavy atom. The molecule has 0 aromatic heterocycles. The summed E-state index contributed by atoms with van der Waals surface area (Å²) in [5.41, 5.74) is 6.76. The van der Waals surface area contributed by atoms with Gasteiger partial charge in [-0.2, -0.15) is 5.10 Å². The minimum absolute atomic E-state index is 0.0283. The topological polar surface area (TPSA) is 84.6 Å². The number of nitro groups is 1. The van der Waals surface area contributed by atoms with Crippen LogP contribution in [0.5, 0.6) is 0 Å². The lowest BCUT2D eigenvalue weighted by atomic mass is 10.0. The van der Waals surface area contributed by atoms with E-state index in [0.29, 0.717) is 11.1 Å². The van der Waals surface area contributed by atoms with Crippen molar-refractivity contribution in [3.63, 3.8) is 0 Å². The number of nitrogens with zero attached hydrogens (tertiary/aromatic N) is 2. The Hall–Kier alpha value is -3.02. The molecule has 24 heavy (non-hydrogen) atoms. The number of carbonyl (C=O) groups excluding carboxylic acids is 1. The van der Waals surface area contributed by atoms with Gasteiger partial charge in [0.1, 0.15) is 0 Å². The number of rotatable bonds is 5. The van der Waals surface area contributed by atoms with E-state index < -0.39 is 4.92 Å². The number of aryl methyl sites for hydroxylation is 3. The van der Waals surface area contributed by atoms with E-state index in [-0.39, 0.29) is 18.0 Å². The smallest absolute Gasteiger partial charge is 0.272 e. The van der Waals surface area contributed by atoms with Crippen LogP contribution in [0.15, 0.2) is 41.5 Å². The summed E-state index contributed by atoms with van der Waals surface area (Å²) in [5, 5.41) is 14.8. The molecular formula is C18H19N3O3. The van der Waals surface area contributed by atoms with Crippen molar-refractivity contribution >= 4 is 17.8 Å². The maximum absolute atomic E-state index is 11.9. The molecule has 0 saturated heterocycles. The predicted octanol–water partition coefficient (Wildman–Crippen LogP) is 3.21. The Morgan fingerprint density at radius 3 is 2.58 bits per heavy atom. The summed E-state index contributed by atoms with van der Waals surface area (Å²) in [4.78, 5) is 22.4. The molecule has 6 heteroatoms. The molecular weight excluding hydrogens is 306 g/mol. The number of hydrogen-bond donors (Lipinski definition) is 1. The largest absolute Gasteiger partial charge is 0.273 e. The second kappa shape index (κ2) is 7.50. The van der Waals surface area contributed by atoms with Crippen LogP contribution in [0.1, 0.15) is 27.8 Å². The normalized spacial score (nSPS) is 10.8. The van der Waals surface area contributed by atoms with Gasteiger partial charge in [0.15, 0.2) is 0 Å². The second-order valence-corrected chi connectivity index (χ2v) is 5.70. The van der Waals surface area contributed by atoms with E-state index in [1.165, 1.54) is 12.3 Å². The van der Waals surface area contributed by atoms with Gasteiger partial charge in [-0.3, -0.25) is 14.9 Å². The number of nitro benzene ring substituents is 1. The Balaban J connectivity index is 2.00. The quantitative estimate of drug-likeness (QED) is 0.520. The average molecular weight is 325 g/mol. The highest BCUT2D eigenvalue weighted by atomic mass is 16.6. The van der Waals surface area contributed by atoms with Gasteiger partial charge in [-0.1, -0.05) is 35.9 Å². The molecule has 0 atom stereocenters. The van der Waals surface area contributed by atoms with E-state index in [9.17, 15) is 14.9 Å². The average Bonchev–Trinajstić information content (AvgIpc) is 2.51. The lowest BCUT2D eigenvalue weighted by Crippen LogP contribution is -2.20. The molecule has 0 aliphatic heterocycles. The molecule has 0 spiro atoms. The first-order valence-corrected chi connectivity index (χ1v) is 7.50. The van der Waals surface area contributed by atoms with E-state index in [4.69, 9.17) is 0 Å². The number of hydrazone groups is 1. The molecule has 0 unspecified atom stereocenters. The highest BCUT2D eigenvalue weighted by Crippen LogP contribution is 2.18. The standard InChI is InChI=1S/C18H19N3O3/c1-12-4-7-16(14(3)8-12)10-18(22)20-19-11-15-6-5-13(2)17(9-15)21(23)24/h4-9,11H,10H2,1-3H3,(H,20,22)/b19-11-. The van der Waals surface area contributed by atoms with Crippen molar-refractivity contribution in [3.8, 4) is 0 Å². The molecule has 0 radical (unpaired) electrons. The van der Waals surface area contributed by atoms with E-state index in [2.05, 4.69) is 10.5 Å². The lowest BCUT2D eigenvalue weighted by molar-refractivity contribution is -0.385. The molecule has 6 nitrogen and oxygen atoms in total. The van der Waals surface area contributed by atoms with E-state index in [0.717, 1.165) is 16.7 Å². The zero-order valence-corrected chi connectivity index (χ0v) is 13.9. The highest BCUT2D eigenvalue weighted by Gasteiger charge is 2.10. The zero-order valence-electron chi connectivity index (χ0n) is 13.9. The van der Waals surface area contributed by atoms with E-state index in [1.54, 1.807) is 19.1 Å². The zero-order chi connectivity index (χ0) is 17.7. The Morgan fingerprint density at radius 2 is 1.92 bits per heavy atom. The molecule has 0 aliphatic rings. The summed E-state index contributed by atoms with van der Waals surface area (Å²) in [5.74, 6) is -0.236. The number of amides is 1. The molecule has 1 amide bonds. The lowest BCUT2D eigenvalue weighted by Gasteiger charge is -2.05. The fraction of sp³-hybridized carbons (Fsp3) is 0.222. The molecule has 0 bridgehead atoms. The minimum Gasteiger partial charge on any atom is -0.273 e. The van der Waals surface area contributed by atoms with Crippen LogP contribution < -0.4 is 5.43 Å². The van der Waals surface area contributed by atoms with Crippen LogP contribution in [0.3, 0.4) is 0 Å². The van der Waals surface area contributed by atoms with Gasteiger partial charge >= 0.3 is 0 Å². The molecule has 0 heterocycles. The monoisotopic (exact) mass is 325 g/mol. The summed E-state index contributed by atoms with van der Waals surface area (Å²) in [6, 6.07) is 10.7. The molecule has 124 valence electrons. The van der Waals surface area contributed by atoms with Crippen LogP contribution in [0.4, 0.5) is 5.69 Å². The van der Waals surface area contributed by atoms with Crippen molar-refractivity contribution in [2.75, 3.05) is 0 Å². The maximum Gasteiger partial charge on any atom is 0.272 e. The van der Waals surface area contributed by atoms with Crippen molar-refractivity contribution in [3.05, 3.63) is 74.3 Å². The van der Waals surface area contributed by atoms with Crippen LogP contribution in [-0.2, 0) is 11.2 Å². The van der Waals surface area contributed by atoms with Crippen molar-refractivity contribution in [1.29, 1.82) is 0 Å². The van der Waals surface area contributed by atoms with Gasteiger partial charge in [0.2, 0.25) is 5.91 Å². The van der Waals surface area contributed by atoms with Crippen LogP contribution in [0.2, 0.25) is 0 Å². The van der Waals surface area contributed by atoms with E-state index in [1.807, 2.05) is 32.0 Å². The van der Waals surface area contributed by atoms with Crippen molar-refractivity contribution in [2.45, 2.75) is 27.2 Å². The van der Waals surface area contributed by atoms with Gasteiger partial charge in [0.05, 0.1) is 17.6 Å². The van der Waals surface area contributed by atoms with E-state index >= 15 is 0 Å². The van der Waals surface area contributed by atoms with Gasteiger partial charge < -0.3 is 0 Å². The second-order valence-electron chi connectivity index (χ2n) is 5.70. The molecule has 2 aromatic carbocycles. The van der Waals surface area contributed by atoms with Crippen LogP contribution in [-0.4, -0.2) is 17.0 Å². The third-order valence-corrected chi connectivity index (χ3v) is 3.68. The van der Waals surface area contributed by atoms with Gasteiger partial charge in [-0.15, -0.1) is 0 Å².